The first kappa shape index (κ1) is 24.0. The van der Waals surface area contributed by atoms with Gasteiger partial charge in [0.1, 0.15) is 9.93 Å². The fraction of sp³-hybridized carbons (Fsp3) is 0.214. The van der Waals surface area contributed by atoms with E-state index in [-0.39, 0.29) is 11.9 Å². The van der Waals surface area contributed by atoms with Gasteiger partial charge in [0.2, 0.25) is 0 Å². The molecule has 0 unspecified atom stereocenters. The van der Waals surface area contributed by atoms with E-state index >= 15 is 0 Å². The molecule has 1 saturated heterocycles. The summed E-state index contributed by atoms with van der Waals surface area (Å²) in [4.78, 5) is 24.7. The van der Waals surface area contributed by atoms with Crippen LogP contribution < -0.4 is 4.90 Å². The van der Waals surface area contributed by atoms with Gasteiger partial charge in [0.15, 0.2) is 5.17 Å². The smallest absolute Gasteiger partial charge is 0.269 e. The van der Waals surface area contributed by atoms with Gasteiger partial charge in [0, 0.05) is 23.0 Å². The molecule has 2 aliphatic rings. The summed E-state index contributed by atoms with van der Waals surface area (Å²) >= 11 is 9.41. The number of carbonyl (C=O) groups excluding carboxylic acids is 1. The number of fused-ring (bicyclic) bond motifs is 1. The molecule has 2 heterocycles. The summed E-state index contributed by atoms with van der Waals surface area (Å²) in [5.74, 6) is 0.0183. The molecular formula is C28H26ClN3OS2. The lowest BCUT2D eigenvalue weighted by atomic mass is 10.1. The van der Waals surface area contributed by atoms with Gasteiger partial charge in [-0.2, -0.15) is 0 Å². The number of thioether (sulfide) groups is 2. The number of amidine groups is 1. The topological polar surface area (TPSA) is 35.9 Å². The summed E-state index contributed by atoms with van der Waals surface area (Å²) in [6.07, 6.45) is 0.773. The molecule has 5 rings (SSSR count). The molecule has 1 fully saturated rings. The maximum absolute atomic E-state index is 13.8. The Bertz CT molecular complexity index is 1290. The Hall–Kier alpha value is -2.67. The summed E-state index contributed by atoms with van der Waals surface area (Å²) in [5.41, 5.74) is 3.39. The van der Waals surface area contributed by atoms with Gasteiger partial charge in [0.05, 0.1) is 11.7 Å². The van der Waals surface area contributed by atoms with Gasteiger partial charge in [0.25, 0.3) is 5.91 Å². The SMILES string of the molecule is CCN1/C(=C2/SC(=N[C@@H](C)c3ccccc3)N(CCc3ccccc3)C2=O)Sc2ccc(Cl)cc21. The van der Waals surface area contributed by atoms with Gasteiger partial charge in [-0.25, -0.2) is 0 Å². The normalized spacial score (nSPS) is 19.5. The second-order valence-corrected chi connectivity index (χ2v) is 10.8. The Balaban J connectivity index is 1.50. The second-order valence-electron chi connectivity index (χ2n) is 8.39. The lowest BCUT2D eigenvalue weighted by Crippen LogP contribution is -2.32. The molecule has 1 amide bonds. The Morgan fingerprint density at radius 2 is 1.66 bits per heavy atom. The first-order valence-electron chi connectivity index (χ1n) is 11.7. The van der Waals surface area contributed by atoms with Crippen LogP contribution in [0.1, 0.15) is 31.0 Å². The van der Waals surface area contributed by atoms with Crippen LogP contribution in [0.3, 0.4) is 0 Å². The zero-order chi connectivity index (χ0) is 24.4. The van der Waals surface area contributed by atoms with Crippen molar-refractivity contribution in [2.75, 3.05) is 18.0 Å². The molecule has 4 nitrogen and oxygen atoms in total. The maximum Gasteiger partial charge on any atom is 0.269 e. The van der Waals surface area contributed by atoms with E-state index in [0.29, 0.717) is 11.6 Å². The van der Waals surface area contributed by atoms with Crippen molar-refractivity contribution in [2.24, 2.45) is 4.99 Å². The van der Waals surface area contributed by atoms with Crippen molar-refractivity contribution in [1.82, 2.24) is 4.90 Å². The molecule has 0 spiro atoms. The van der Waals surface area contributed by atoms with E-state index in [1.807, 2.05) is 59.5 Å². The maximum atomic E-state index is 13.8. The highest BCUT2D eigenvalue weighted by atomic mass is 35.5. The van der Waals surface area contributed by atoms with Crippen molar-refractivity contribution in [1.29, 1.82) is 0 Å². The van der Waals surface area contributed by atoms with Crippen LogP contribution in [-0.2, 0) is 11.2 Å². The van der Waals surface area contributed by atoms with Gasteiger partial charge in [-0.15, -0.1) is 0 Å². The highest BCUT2D eigenvalue weighted by Gasteiger charge is 2.39. The van der Waals surface area contributed by atoms with E-state index in [4.69, 9.17) is 16.6 Å². The molecule has 1 atom stereocenters. The standard InChI is InChI=1S/C28H26ClN3OS2/c1-3-31-23-18-22(29)14-15-24(23)34-27(31)25-26(33)32(17-16-20-10-6-4-7-11-20)28(35-25)30-19(2)21-12-8-5-9-13-21/h4-15,18-19H,3,16-17H2,1-2H3/b27-25-,30-28?/t19-/m0/s1. The molecule has 178 valence electrons. The zero-order valence-electron chi connectivity index (χ0n) is 19.6. The van der Waals surface area contributed by atoms with Crippen LogP contribution in [0.2, 0.25) is 5.02 Å². The monoisotopic (exact) mass is 519 g/mol. The van der Waals surface area contributed by atoms with Crippen molar-refractivity contribution in [2.45, 2.75) is 31.2 Å². The van der Waals surface area contributed by atoms with Crippen LogP contribution in [-0.4, -0.2) is 29.1 Å². The number of hydrogen-bond donors (Lipinski definition) is 0. The zero-order valence-corrected chi connectivity index (χ0v) is 22.0. The van der Waals surface area contributed by atoms with E-state index in [2.05, 4.69) is 43.0 Å². The van der Waals surface area contributed by atoms with E-state index in [1.165, 1.54) is 17.3 Å². The number of nitrogens with zero attached hydrogens (tertiary/aromatic N) is 3. The second kappa shape index (κ2) is 10.5. The summed E-state index contributed by atoms with van der Waals surface area (Å²) in [7, 11) is 0. The predicted octanol–water partition coefficient (Wildman–Crippen LogP) is 7.38. The van der Waals surface area contributed by atoms with Crippen LogP contribution in [0.4, 0.5) is 5.69 Å². The lowest BCUT2D eigenvalue weighted by Gasteiger charge is -2.19. The molecule has 3 aromatic rings. The predicted molar refractivity (Wildman–Crippen MR) is 149 cm³/mol. The molecule has 7 heteroatoms. The molecule has 0 bridgehead atoms. The fourth-order valence-corrected chi connectivity index (χ4v) is 6.85. The molecule has 0 aromatic heterocycles. The molecular weight excluding hydrogens is 494 g/mol. The fourth-order valence-electron chi connectivity index (χ4n) is 4.22. The van der Waals surface area contributed by atoms with Crippen molar-refractivity contribution in [3.8, 4) is 0 Å². The van der Waals surface area contributed by atoms with Gasteiger partial charge >= 0.3 is 0 Å². The first-order chi connectivity index (χ1) is 17.0. The third-order valence-corrected chi connectivity index (χ3v) is 8.72. The number of rotatable bonds is 6. The average molecular weight is 520 g/mol. The minimum Gasteiger partial charge on any atom is -0.334 e. The minimum absolute atomic E-state index is 0.0183. The third kappa shape index (κ3) is 5.01. The highest BCUT2D eigenvalue weighted by molar-refractivity contribution is 8.19. The third-order valence-electron chi connectivity index (χ3n) is 6.09. The van der Waals surface area contributed by atoms with Crippen LogP contribution >= 0.6 is 35.1 Å². The van der Waals surface area contributed by atoms with Crippen LogP contribution in [0.25, 0.3) is 0 Å². The highest BCUT2D eigenvalue weighted by Crippen LogP contribution is 2.51. The number of hydrogen-bond acceptors (Lipinski definition) is 5. The van der Waals surface area contributed by atoms with Gasteiger partial charge in [-0.3, -0.25) is 14.7 Å². The molecule has 0 radical (unpaired) electrons. The quantitative estimate of drug-likeness (QED) is 0.318. The average Bonchev–Trinajstić information content (AvgIpc) is 3.39. The summed E-state index contributed by atoms with van der Waals surface area (Å²) in [5, 5.41) is 2.42. The van der Waals surface area contributed by atoms with E-state index < -0.39 is 0 Å². The first-order valence-corrected chi connectivity index (χ1v) is 13.7. The number of amides is 1. The van der Waals surface area contributed by atoms with E-state index in [0.717, 1.165) is 44.2 Å². The molecule has 0 N–H and O–H groups in total. The Morgan fingerprint density at radius 3 is 2.37 bits per heavy atom. The number of aliphatic imine (C=N–C) groups is 1. The van der Waals surface area contributed by atoms with Crippen LogP contribution in [0.15, 0.2) is 98.7 Å². The molecule has 2 aliphatic heterocycles. The van der Waals surface area contributed by atoms with Gasteiger partial charge in [-0.1, -0.05) is 84.0 Å². The van der Waals surface area contributed by atoms with Gasteiger partial charge in [-0.05, 0) is 61.4 Å². The Morgan fingerprint density at radius 1 is 0.943 bits per heavy atom. The summed E-state index contributed by atoms with van der Waals surface area (Å²) < 4.78 is 0. The van der Waals surface area contributed by atoms with Crippen molar-refractivity contribution in [3.05, 3.63) is 105 Å². The number of halogens is 1. The molecule has 35 heavy (non-hydrogen) atoms. The van der Waals surface area contributed by atoms with Crippen molar-refractivity contribution < 1.29 is 4.79 Å². The number of anilines is 1. The molecule has 0 aliphatic carbocycles. The molecule has 0 saturated carbocycles. The summed E-state index contributed by atoms with van der Waals surface area (Å²) in [6.45, 7) is 5.52. The minimum atomic E-state index is -0.0513. The van der Waals surface area contributed by atoms with E-state index in [9.17, 15) is 4.79 Å². The number of benzene rings is 3. The van der Waals surface area contributed by atoms with Gasteiger partial charge < -0.3 is 4.90 Å². The van der Waals surface area contributed by atoms with Crippen LogP contribution in [0.5, 0.6) is 0 Å². The van der Waals surface area contributed by atoms with Crippen molar-refractivity contribution >= 4 is 51.9 Å². The molecule has 3 aromatic carbocycles. The lowest BCUT2D eigenvalue weighted by molar-refractivity contribution is -0.122. The number of carbonyl (C=O) groups is 1. The Kier molecular flexibility index (Phi) is 7.23. The summed E-state index contributed by atoms with van der Waals surface area (Å²) in [6, 6.07) is 26.3. The van der Waals surface area contributed by atoms with E-state index in [1.54, 1.807) is 11.8 Å². The Labute approximate surface area is 220 Å². The largest absolute Gasteiger partial charge is 0.334 e. The van der Waals surface area contributed by atoms with Crippen LogP contribution in [0, 0.1) is 0 Å². The van der Waals surface area contributed by atoms with Crippen molar-refractivity contribution in [3.63, 3.8) is 0 Å².